The summed E-state index contributed by atoms with van der Waals surface area (Å²) in [5, 5.41) is 0. The van der Waals surface area contributed by atoms with Gasteiger partial charge in [-0.2, -0.15) is 0 Å². The molecule has 0 bridgehead atoms. The molecule has 0 saturated carbocycles. The highest BCUT2D eigenvalue weighted by Crippen LogP contribution is 2.33. The second-order valence-electron chi connectivity index (χ2n) is 5.90. The van der Waals surface area contributed by atoms with Crippen LogP contribution < -0.4 is 0 Å². The van der Waals surface area contributed by atoms with E-state index in [1.165, 1.54) is 31.6 Å². The van der Waals surface area contributed by atoms with Gasteiger partial charge >= 0.3 is 0 Å². The number of rotatable bonds is 3. The number of hydrogen-bond donors (Lipinski definition) is 0. The van der Waals surface area contributed by atoms with Gasteiger partial charge in [0.15, 0.2) is 5.65 Å². The maximum Gasteiger partial charge on any atom is 0.160 e. The third-order valence-electron chi connectivity index (χ3n) is 4.36. The molecule has 1 unspecified atom stereocenters. The molecule has 4 nitrogen and oxygen atoms in total. The average Bonchev–Trinajstić information content (AvgIpc) is 2.85. The number of aryl methyl sites for hydroxylation is 1. The molecular weight excluding hydrogens is 248 g/mol. The molecular formula is C16H24N4. The Kier molecular flexibility index (Phi) is 3.74. The second kappa shape index (κ2) is 5.52. The van der Waals surface area contributed by atoms with Crippen LogP contribution in [0.4, 0.5) is 0 Å². The lowest BCUT2D eigenvalue weighted by Crippen LogP contribution is -2.39. The normalized spacial score (nSPS) is 20.9. The third-order valence-corrected chi connectivity index (χ3v) is 4.36. The number of nitrogens with zero attached hydrogens (tertiary/aromatic N) is 4. The van der Waals surface area contributed by atoms with Gasteiger partial charge < -0.3 is 4.57 Å². The van der Waals surface area contributed by atoms with Crippen LogP contribution in [0.2, 0.25) is 0 Å². The maximum absolute atomic E-state index is 4.90. The minimum atomic E-state index is 0.442. The summed E-state index contributed by atoms with van der Waals surface area (Å²) in [5.41, 5.74) is 2.05. The van der Waals surface area contributed by atoms with E-state index in [1.807, 2.05) is 12.3 Å². The van der Waals surface area contributed by atoms with E-state index in [-0.39, 0.29) is 0 Å². The quantitative estimate of drug-likeness (QED) is 0.859. The molecule has 1 aliphatic rings. The molecule has 2 aromatic rings. The van der Waals surface area contributed by atoms with Crippen LogP contribution in [0.25, 0.3) is 11.2 Å². The summed E-state index contributed by atoms with van der Waals surface area (Å²) in [4.78, 5) is 12.0. The average molecular weight is 272 g/mol. The number of hydrogen-bond acceptors (Lipinski definition) is 3. The van der Waals surface area contributed by atoms with Gasteiger partial charge in [-0.15, -0.1) is 0 Å². The highest BCUT2D eigenvalue weighted by Gasteiger charge is 2.30. The smallest absolute Gasteiger partial charge is 0.160 e. The molecule has 0 amide bonds. The fourth-order valence-electron chi connectivity index (χ4n) is 3.39. The Morgan fingerprint density at radius 2 is 2.20 bits per heavy atom. The molecule has 1 fully saturated rings. The molecule has 0 spiro atoms. The first-order valence-corrected chi connectivity index (χ1v) is 7.79. The fraction of sp³-hybridized carbons (Fsp3) is 0.625. The summed E-state index contributed by atoms with van der Waals surface area (Å²) in [6, 6.07) is 5.05. The zero-order chi connectivity index (χ0) is 14.1. The monoisotopic (exact) mass is 272 g/mol. The zero-order valence-electron chi connectivity index (χ0n) is 12.7. The first-order chi connectivity index (χ1) is 9.72. The van der Waals surface area contributed by atoms with E-state index in [2.05, 4.69) is 41.3 Å². The van der Waals surface area contributed by atoms with Crippen molar-refractivity contribution in [1.29, 1.82) is 0 Å². The van der Waals surface area contributed by atoms with Gasteiger partial charge in [0.25, 0.3) is 0 Å². The fourth-order valence-corrected chi connectivity index (χ4v) is 3.39. The molecule has 4 heteroatoms. The molecule has 0 aromatic carbocycles. The van der Waals surface area contributed by atoms with Gasteiger partial charge in [-0.25, -0.2) is 9.97 Å². The lowest BCUT2D eigenvalue weighted by atomic mass is 9.99. The molecule has 108 valence electrons. The molecule has 3 rings (SSSR count). The summed E-state index contributed by atoms with van der Waals surface area (Å²) >= 11 is 0. The Hall–Kier alpha value is -1.42. The minimum absolute atomic E-state index is 0.442. The molecule has 1 aliphatic heterocycles. The molecule has 0 radical (unpaired) electrons. The van der Waals surface area contributed by atoms with Crippen molar-refractivity contribution in [3.05, 3.63) is 24.2 Å². The van der Waals surface area contributed by atoms with Gasteiger partial charge in [0.1, 0.15) is 11.3 Å². The van der Waals surface area contributed by atoms with Gasteiger partial charge in [0, 0.05) is 18.8 Å². The predicted octanol–water partition coefficient (Wildman–Crippen LogP) is 3.39. The van der Waals surface area contributed by atoms with E-state index in [4.69, 9.17) is 4.98 Å². The van der Waals surface area contributed by atoms with Crippen molar-refractivity contribution >= 4 is 11.2 Å². The van der Waals surface area contributed by atoms with Gasteiger partial charge in [0.2, 0.25) is 0 Å². The van der Waals surface area contributed by atoms with E-state index >= 15 is 0 Å². The molecule has 1 atom stereocenters. The van der Waals surface area contributed by atoms with Crippen molar-refractivity contribution in [2.45, 2.75) is 58.7 Å². The van der Waals surface area contributed by atoms with Crippen LogP contribution in [0.15, 0.2) is 18.3 Å². The number of likely N-dealkylation sites (tertiary alicyclic amines) is 1. The van der Waals surface area contributed by atoms with E-state index in [9.17, 15) is 0 Å². The van der Waals surface area contributed by atoms with Gasteiger partial charge in [0.05, 0.1) is 6.04 Å². The minimum Gasteiger partial charge on any atom is -0.312 e. The summed E-state index contributed by atoms with van der Waals surface area (Å²) in [6.45, 7) is 8.88. The first-order valence-electron chi connectivity index (χ1n) is 7.79. The van der Waals surface area contributed by atoms with E-state index in [0.717, 1.165) is 17.7 Å². The van der Waals surface area contributed by atoms with Gasteiger partial charge in [-0.3, -0.25) is 4.90 Å². The lowest BCUT2D eigenvalue weighted by molar-refractivity contribution is 0.104. The van der Waals surface area contributed by atoms with Crippen LogP contribution in [0.5, 0.6) is 0 Å². The van der Waals surface area contributed by atoms with Crippen molar-refractivity contribution in [2.24, 2.45) is 0 Å². The maximum atomic E-state index is 4.90. The Bertz CT molecular complexity index is 587. The molecule has 0 aliphatic carbocycles. The third kappa shape index (κ3) is 2.22. The number of fused-ring (bicyclic) bond motifs is 1. The van der Waals surface area contributed by atoms with Crippen molar-refractivity contribution in [3.63, 3.8) is 0 Å². The Labute approximate surface area is 120 Å². The Morgan fingerprint density at radius 1 is 1.35 bits per heavy atom. The molecule has 2 aromatic heterocycles. The molecule has 0 N–H and O–H groups in total. The number of piperidine rings is 1. The SMILES string of the molecule is CCn1c(C2CCCCN2C(C)C)nc2cccnc21. The van der Waals surface area contributed by atoms with E-state index in [1.54, 1.807) is 0 Å². The van der Waals surface area contributed by atoms with Gasteiger partial charge in [-0.1, -0.05) is 6.42 Å². The highest BCUT2D eigenvalue weighted by molar-refractivity contribution is 5.71. The lowest BCUT2D eigenvalue weighted by Gasteiger charge is -2.38. The van der Waals surface area contributed by atoms with Crippen LogP contribution in [0.1, 0.15) is 51.9 Å². The topological polar surface area (TPSA) is 34.0 Å². The summed E-state index contributed by atoms with van der Waals surface area (Å²) in [6.07, 6.45) is 5.68. The van der Waals surface area contributed by atoms with Gasteiger partial charge in [-0.05, 0) is 52.3 Å². The number of pyridine rings is 1. The standard InChI is InChI=1S/C16H24N4/c1-4-19-15-13(8-7-10-17-15)18-16(19)14-9-5-6-11-20(14)12(2)3/h7-8,10,12,14H,4-6,9,11H2,1-3H3. The number of imidazole rings is 1. The van der Waals surface area contributed by atoms with Crippen LogP contribution >= 0.6 is 0 Å². The van der Waals surface area contributed by atoms with Crippen LogP contribution in [-0.4, -0.2) is 32.0 Å². The number of aromatic nitrogens is 3. The van der Waals surface area contributed by atoms with Crippen molar-refractivity contribution in [3.8, 4) is 0 Å². The largest absolute Gasteiger partial charge is 0.312 e. The zero-order valence-corrected chi connectivity index (χ0v) is 12.7. The summed E-state index contributed by atoms with van der Waals surface area (Å²) < 4.78 is 2.29. The van der Waals surface area contributed by atoms with Crippen LogP contribution in [-0.2, 0) is 6.54 Å². The Morgan fingerprint density at radius 3 is 2.95 bits per heavy atom. The van der Waals surface area contributed by atoms with E-state index < -0.39 is 0 Å². The highest BCUT2D eigenvalue weighted by atomic mass is 15.2. The van der Waals surface area contributed by atoms with Crippen LogP contribution in [0.3, 0.4) is 0 Å². The Balaban J connectivity index is 2.07. The molecule has 3 heterocycles. The predicted molar refractivity (Wildman–Crippen MR) is 81.6 cm³/mol. The van der Waals surface area contributed by atoms with E-state index in [0.29, 0.717) is 12.1 Å². The summed E-state index contributed by atoms with van der Waals surface area (Å²) in [5.74, 6) is 1.20. The van der Waals surface area contributed by atoms with Crippen molar-refractivity contribution < 1.29 is 0 Å². The first kappa shape index (κ1) is 13.6. The van der Waals surface area contributed by atoms with Crippen molar-refractivity contribution in [2.75, 3.05) is 6.54 Å². The summed E-state index contributed by atoms with van der Waals surface area (Å²) in [7, 11) is 0. The second-order valence-corrected chi connectivity index (χ2v) is 5.90. The molecule has 20 heavy (non-hydrogen) atoms. The van der Waals surface area contributed by atoms with Crippen molar-refractivity contribution in [1.82, 2.24) is 19.4 Å². The van der Waals surface area contributed by atoms with Crippen LogP contribution in [0, 0.1) is 0 Å². The molecule has 1 saturated heterocycles.